The van der Waals surface area contributed by atoms with Crippen LogP contribution in [0.5, 0.6) is 5.75 Å². The summed E-state index contributed by atoms with van der Waals surface area (Å²) in [7, 11) is 3.77. The Bertz CT molecular complexity index is 375. The summed E-state index contributed by atoms with van der Waals surface area (Å²) < 4.78 is 5.19. The molecule has 1 unspecified atom stereocenters. The van der Waals surface area contributed by atoms with Gasteiger partial charge in [-0.2, -0.15) is 0 Å². The number of nitrogens with one attached hydrogen (secondary N) is 1. The fourth-order valence-corrected chi connectivity index (χ4v) is 3.11. The quantitative estimate of drug-likeness (QED) is 0.828. The van der Waals surface area contributed by atoms with Gasteiger partial charge in [0.1, 0.15) is 5.75 Å². The Labute approximate surface area is 123 Å². The molecule has 0 bridgehead atoms. The summed E-state index contributed by atoms with van der Waals surface area (Å²) in [5.41, 5.74) is 1.41. The maximum Gasteiger partial charge on any atom is 0.118 e. The maximum absolute atomic E-state index is 5.19. The highest BCUT2D eigenvalue weighted by atomic mass is 16.5. The standard InChI is InChI=1S/C17H28N2O/c1-18-13-16-6-4-12-19(14-16)11-3-5-15-7-9-17(20-2)10-8-15/h7-10,16,18H,3-6,11-14H2,1-2H3. The summed E-state index contributed by atoms with van der Waals surface area (Å²) in [6, 6.07) is 8.47. The number of aryl methyl sites for hydroxylation is 1. The van der Waals surface area contributed by atoms with Gasteiger partial charge in [0.05, 0.1) is 7.11 Å². The van der Waals surface area contributed by atoms with E-state index in [4.69, 9.17) is 4.74 Å². The smallest absolute Gasteiger partial charge is 0.118 e. The minimum atomic E-state index is 0.842. The van der Waals surface area contributed by atoms with E-state index >= 15 is 0 Å². The van der Waals surface area contributed by atoms with Crippen LogP contribution in [0.3, 0.4) is 0 Å². The van der Waals surface area contributed by atoms with Crippen LogP contribution in [-0.2, 0) is 6.42 Å². The van der Waals surface area contributed by atoms with Crippen LogP contribution in [-0.4, -0.2) is 45.2 Å². The van der Waals surface area contributed by atoms with Crippen molar-refractivity contribution in [3.63, 3.8) is 0 Å². The van der Waals surface area contributed by atoms with Crippen LogP contribution in [0.4, 0.5) is 0 Å². The van der Waals surface area contributed by atoms with Crippen LogP contribution in [0.25, 0.3) is 0 Å². The van der Waals surface area contributed by atoms with Crippen molar-refractivity contribution in [2.45, 2.75) is 25.7 Å². The third kappa shape index (κ3) is 4.80. The van der Waals surface area contributed by atoms with Gasteiger partial charge in [0, 0.05) is 6.54 Å². The number of methoxy groups -OCH3 is 1. The first kappa shape index (κ1) is 15.3. The molecule has 0 aliphatic carbocycles. The highest BCUT2D eigenvalue weighted by Gasteiger charge is 2.18. The molecular formula is C17H28N2O. The number of hydrogen-bond acceptors (Lipinski definition) is 3. The molecule has 0 aromatic heterocycles. The van der Waals surface area contributed by atoms with Crippen LogP contribution in [0.1, 0.15) is 24.8 Å². The molecular weight excluding hydrogens is 248 g/mol. The lowest BCUT2D eigenvalue weighted by molar-refractivity contribution is 0.172. The molecule has 1 atom stereocenters. The molecule has 1 fully saturated rings. The Hall–Kier alpha value is -1.06. The van der Waals surface area contributed by atoms with E-state index in [0.29, 0.717) is 0 Å². The van der Waals surface area contributed by atoms with Gasteiger partial charge in [-0.1, -0.05) is 12.1 Å². The highest BCUT2D eigenvalue weighted by molar-refractivity contribution is 5.27. The van der Waals surface area contributed by atoms with E-state index < -0.39 is 0 Å². The summed E-state index contributed by atoms with van der Waals surface area (Å²) in [4.78, 5) is 2.63. The van der Waals surface area contributed by atoms with E-state index in [0.717, 1.165) is 24.6 Å². The van der Waals surface area contributed by atoms with Crippen molar-refractivity contribution in [1.82, 2.24) is 10.2 Å². The third-order valence-electron chi connectivity index (χ3n) is 4.19. The summed E-state index contributed by atoms with van der Waals surface area (Å²) in [5.74, 6) is 1.79. The number of piperidine rings is 1. The third-order valence-corrected chi connectivity index (χ3v) is 4.19. The van der Waals surface area contributed by atoms with Crippen LogP contribution in [0, 0.1) is 5.92 Å². The lowest BCUT2D eigenvalue weighted by Crippen LogP contribution is -2.39. The molecule has 0 saturated carbocycles. The second kappa shape index (κ2) is 8.28. The van der Waals surface area contributed by atoms with Crippen molar-refractivity contribution in [3.05, 3.63) is 29.8 Å². The Morgan fingerprint density at radius 3 is 2.80 bits per heavy atom. The van der Waals surface area contributed by atoms with Crippen LogP contribution < -0.4 is 10.1 Å². The zero-order valence-corrected chi connectivity index (χ0v) is 12.9. The monoisotopic (exact) mass is 276 g/mol. The first-order chi connectivity index (χ1) is 9.81. The van der Waals surface area contributed by atoms with Crippen molar-refractivity contribution < 1.29 is 4.74 Å². The maximum atomic E-state index is 5.19. The lowest BCUT2D eigenvalue weighted by atomic mass is 9.97. The number of ether oxygens (including phenoxy) is 1. The zero-order chi connectivity index (χ0) is 14.2. The molecule has 1 aromatic carbocycles. The van der Waals surface area contributed by atoms with Gasteiger partial charge >= 0.3 is 0 Å². The van der Waals surface area contributed by atoms with Crippen molar-refractivity contribution >= 4 is 0 Å². The highest BCUT2D eigenvalue weighted by Crippen LogP contribution is 2.17. The molecule has 2 rings (SSSR count). The second-order valence-corrected chi connectivity index (χ2v) is 5.82. The van der Waals surface area contributed by atoms with Gasteiger partial charge in [-0.15, -0.1) is 0 Å². The van der Waals surface area contributed by atoms with E-state index in [2.05, 4.69) is 41.5 Å². The molecule has 3 nitrogen and oxygen atoms in total. The summed E-state index contributed by atoms with van der Waals surface area (Å²) in [6.07, 6.45) is 5.15. The Kier molecular flexibility index (Phi) is 6.34. The molecule has 112 valence electrons. The van der Waals surface area contributed by atoms with Crippen molar-refractivity contribution in [3.8, 4) is 5.75 Å². The topological polar surface area (TPSA) is 24.5 Å². The number of rotatable bonds is 7. The van der Waals surface area contributed by atoms with E-state index in [1.807, 2.05) is 0 Å². The predicted molar refractivity (Wildman–Crippen MR) is 84.4 cm³/mol. The van der Waals surface area contributed by atoms with Crippen molar-refractivity contribution in [2.75, 3.05) is 40.3 Å². The second-order valence-electron chi connectivity index (χ2n) is 5.82. The van der Waals surface area contributed by atoms with Crippen molar-refractivity contribution in [2.24, 2.45) is 5.92 Å². The van der Waals surface area contributed by atoms with Gasteiger partial charge in [-0.3, -0.25) is 0 Å². The minimum absolute atomic E-state index is 0.842. The molecule has 0 radical (unpaired) electrons. The van der Waals surface area contributed by atoms with Gasteiger partial charge in [0.2, 0.25) is 0 Å². The van der Waals surface area contributed by atoms with Gasteiger partial charge in [-0.25, -0.2) is 0 Å². The Morgan fingerprint density at radius 1 is 1.30 bits per heavy atom. The number of hydrogen-bond donors (Lipinski definition) is 1. The number of nitrogens with zero attached hydrogens (tertiary/aromatic N) is 1. The number of benzene rings is 1. The average molecular weight is 276 g/mol. The fourth-order valence-electron chi connectivity index (χ4n) is 3.11. The van der Waals surface area contributed by atoms with E-state index in [1.165, 1.54) is 44.5 Å². The predicted octanol–water partition coefficient (Wildman–Crippen LogP) is 2.56. The fraction of sp³-hybridized carbons (Fsp3) is 0.647. The number of likely N-dealkylation sites (tertiary alicyclic amines) is 1. The summed E-state index contributed by atoms with van der Waals surface area (Å²) >= 11 is 0. The summed E-state index contributed by atoms with van der Waals surface area (Å²) in [5, 5.41) is 3.31. The molecule has 3 heteroatoms. The van der Waals surface area contributed by atoms with E-state index in [-0.39, 0.29) is 0 Å². The summed E-state index contributed by atoms with van der Waals surface area (Å²) in [6.45, 7) is 4.94. The van der Waals surface area contributed by atoms with Crippen LogP contribution in [0.15, 0.2) is 24.3 Å². The SMILES string of the molecule is CNCC1CCCN(CCCc2ccc(OC)cc2)C1. The molecule has 20 heavy (non-hydrogen) atoms. The van der Waals surface area contributed by atoms with E-state index in [9.17, 15) is 0 Å². The minimum Gasteiger partial charge on any atom is -0.497 e. The Balaban J connectivity index is 1.69. The van der Waals surface area contributed by atoms with Gasteiger partial charge < -0.3 is 15.0 Å². The molecule has 1 aliphatic heterocycles. The lowest BCUT2D eigenvalue weighted by Gasteiger charge is -2.32. The molecule has 0 amide bonds. The normalized spacial score (nSPS) is 20.0. The molecule has 1 saturated heterocycles. The van der Waals surface area contributed by atoms with Crippen LogP contribution in [0.2, 0.25) is 0 Å². The molecule has 1 aliphatic rings. The first-order valence-corrected chi connectivity index (χ1v) is 7.81. The average Bonchev–Trinajstić information content (AvgIpc) is 2.49. The molecule has 1 heterocycles. The largest absolute Gasteiger partial charge is 0.497 e. The van der Waals surface area contributed by atoms with Crippen LogP contribution >= 0.6 is 0 Å². The molecule has 1 N–H and O–H groups in total. The van der Waals surface area contributed by atoms with Gasteiger partial charge in [0.25, 0.3) is 0 Å². The van der Waals surface area contributed by atoms with Gasteiger partial charge in [-0.05, 0) is 76.0 Å². The zero-order valence-electron chi connectivity index (χ0n) is 12.9. The van der Waals surface area contributed by atoms with Gasteiger partial charge in [0.15, 0.2) is 0 Å². The van der Waals surface area contributed by atoms with Crippen molar-refractivity contribution in [1.29, 1.82) is 0 Å². The molecule has 0 spiro atoms. The Morgan fingerprint density at radius 2 is 2.10 bits per heavy atom. The first-order valence-electron chi connectivity index (χ1n) is 7.81. The van der Waals surface area contributed by atoms with E-state index in [1.54, 1.807) is 7.11 Å². The molecule has 1 aromatic rings.